The van der Waals surface area contributed by atoms with Crippen molar-refractivity contribution in [3.63, 3.8) is 0 Å². The molecule has 7 heteroatoms. The molecule has 0 saturated heterocycles. The van der Waals surface area contributed by atoms with Gasteiger partial charge in [0.1, 0.15) is 4.88 Å². The van der Waals surface area contributed by atoms with Crippen molar-refractivity contribution < 1.29 is 19.1 Å². The minimum Gasteiger partial charge on any atom is -0.448 e. The van der Waals surface area contributed by atoms with Crippen LogP contribution in [0.1, 0.15) is 27.0 Å². The third-order valence-electron chi connectivity index (χ3n) is 3.72. The lowest BCUT2D eigenvalue weighted by Crippen LogP contribution is -2.29. The monoisotopic (exact) mass is 368 g/mol. The van der Waals surface area contributed by atoms with Gasteiger partial charge >= 0.3 is 5.97 Å². The summed E-state index contributed by atoms with van der Waals surface area (Å²) in [4.78, 5) is 35.9. The van der Waals surface area contributed by atoms with E-state index >= 15 is 0 Å². The lowest BCUT2D eigenvalue weighted by atomic mass is 10.2. The number of nitrogens with one attached hydrogen (secondary N) is 1. The van der Waals surface area contributed by atoms with Crippen LogP contribution >= 0.6 is 11.3 Å². The Hall–Kier alpha value is -3.19. The molecule has 132 valence electrons. The lowest BCUT2D eigenvalue weighted by Gasteiger charge is -2.13. The second kappa shape index (κ2) is 7.37. The molecule has 6 nitrogen and oxygen atoms in total. The molecule has 3 aromatic rings. The van der Waals surface area contributed by atoms with Crippen LogP contribution in [0.2, 0.25) is 0 Å². The molecule has 0 aliphatic carbocycles. The summed E-state index contributed by atoms with van der Waals surface area (Å²) in [5.41, 5.74) is 5.99. The normalized spacial score (nSPS) is 11.7. The van der Waals surface area contributed by atoms with Crippen LogP contribution in [0.15, 0.2) is 54.6 Å². The molecule has 0 radical (unpaired) electrons. The first-order valence-electron chi connectivity index (χ1n) is 7.84. The molecule has 0 unspecified atom stereocenters. The number of anilines is 1. The van der Waals surface area contributed by atoms with E-state index in [0.717, 1.165) is 10.1 Å². The molecule has 1 heterocycles. The second-order valence-corrected chi connectivity index (χ2v) is 6.71. The summed E-state index contributed by atoms with van der Waals surface area (Å²) < 4.78 is 6.23. The maximum absolute atomic E-state index is 12.3. The second-order valence-electron chi connectivity index (χ2n) is 5.63. The number of esters is 1. The maximum Gasteiger partial charge on any atom is 0.349 e. The molecule has 2 amide bonds. The molecule has 3 rings (SSSR count). The summed E-state index contributed by atoms with van der Waals surface area (Å²) in [6.45, 7) is 1.50. The third kappa shape index (κ3) is 3.89. The molecule has 26 heavy (non-hydrogen) atoms. The van der Waals surface area contributed by atoms with Gasteiger partial charge in [-0.2, -0.15) is 0 Å². The Labute approximate surface area is 153 Å². The topological polar surface area (TPSA) is 98.5 Å². The minimum atomic E-state index is -0.969. The fourth-order valence-electron chi connectivity index (χ4n) is 2.32. The highest BCUT2D eigenvalue weighted by atomic mass is 32.1. The van der Waals surface area contributed by atoms with Crippen molar-refractivity contribution in [2.24, 2.45) is 5.73 Å². The molecule has 0 aliphatic heterocycles. The number of rotatable bonds is 5. The van der Waals surface area contributed by atoms with Crippen LogP contribution in [-0.2, 0) is 9.53 Å². The first-order chi connectivity index (χ1) is 12.4. The number of ether oxygens (including phenoxy) is 1. The Morgan fingerprint density at radius 1 is 1.08 bits per heavy atom. The van der Waals surface area contributed by atoms with Gasteiger partial charge in [0, 0.05) is 16.0 Å². The van der Waals surface area contributed by atoms with Crippen LogP contribution in [0.3, 0.4) is 0 Å². The van der Waals surface area contributed by atoms with Gasteiger partial charge in [0.2, 0.25) is 5.91 Å². The molecule has 3 N–H and O–H groups in total. The van der Waals surface area contributed by atoms with Gasteiger partial charge in [-0.3, -0.25) is 9.59 Å². The number of primary amides is 1. The van der Waals surface area contributed by atoms with E-state index in [1.807, 2.05) is 24.3 Å². The largest absolute Gasteiger partial charge is 0.448 e. The standard InChI is InChI=1S/C19H16N2O4S/c1-11(18(23)21-14-8-6-12(7-9-14)17(20)22)25-19(24)16-10-13-4-2-3-5-15(13)26-16/h2-11H,1H3,(H2,20,22)(H,21,23)/t11-/m1/s1. The van der Waals surface area contributed by atoms with Gasteiger partial charge in [-0.1, -0.05) is 18.2 Å². The molecule has 1 atom stereocenters. The zero-order valence-electron chi connectivity index (χ0n) is 13.9. The number of amides is 2. The van der Waals surface area contributed by atoms with Crippen molar-refractivity contribution in [1.82, 2.24) is 0 Å². The molecule has 1 aromatic heterocycles. The summed E-state index contributed by atoms with van der Waals surface area (Å²) in [6, 6.07) is 15.5. The summed E-state index contributed by atoms with van der Waals surface area (Å²) >= 11 is 1.32. The van der Waals surface area contributed by atoms with Crippen molar-refractivity contribution >= 4 is 44.9 Å². The zero-order chi connectivity index (χ0) is 18.7. The van der Waals surface area contributed by atoms with E-state index in [2.05, 4.69) is 5.32 Å². The molecule has 0 aliphatic rings. The highest BCUT2D eigenvalue weighted by Gasteiger charge is 2.20. The molecular weight excluding hydrogens is 352 g/mol. The van der Waals surface area contributed by atoms with Crippen molar-refractivity contribution in [3.05, 3.63) is 65.0 Å². The van der Waals surface area contributed by atoms with Crippen LogP contribution in [0.25, 0.3) is 10.1 Å². The van der Waals surface area contributed by atoms with Crippen LogP contribution in [0, 0.1) is 0 Å². The third-order valence-corrected chi connectivity index (χ3v) is 4.81. The van der Waals surface area contributed by atoms with Gasteiger partial charge in [-0.25, -0.2) is 4.79 Å². The van der Waals surface area contributed by atoms with E-state index in [0.29, 0.717) is 16.1 Å². The van der Waals surface area contributed by atoms with Crippen LogP contribution in [0.5, 0.6) is 0 Å². The number of fused-ring (bicyclic) bond motifs is 1. The van der Waals surface area contributed by atoms with Gasteiger partial charge in [0.05, 0.1) is 0 Å². The Bertz CT molecular complexity index is 946. The molecule has 2 aromatic carbocycles. The SMILES string of the molecule is C[C@@H](OC(=O)c1cc2ccccc2s1)C(=O)Nc1ccc(C(N)=O)cc1. The Balaban J connectivity index is 1.62. The van der Waals surface area contributed by atoms with Crippen LogP contribution < -0.4 is 11.1 Å². The highest BCUT2D eigenvalue weighted by Crippen LogP contribution is 2.26. The number of nitrogens with two attached hydrogens (primary N) is 1. The highest BCUT2D eigenvalue weighted by molar-refractivity contribution is 7.20. The van der Waals surface area contributed by atoms with Gasteiger partial charge in [0.25, 0.3) is 5.91 Å². The van der Waals surface area contributed by atoms with Gasteiger partial charge in [-0.05, 0) is 48.7 Å². The number of thiophene rings is 1. The summed E-state index contributed by atoms with van der Waals surface area (Å²) in [6.07, 6.45) is -0.969. The van der Waals surface area contributed by atoms with E-state index < -0.39 is 23.9 Å². The van der Waals surface area contributed by atoms with E-state index in [1.165, 1.54) is 30.4 Å². The fourth-order valence-corrected chi connectivity index (χ4v) is 3.26. The number of carbonyl (C=O) groups excluding carboxylic acids is 3. The van der Waals surface area contributed by atoms with Crippen molar-refractivity contribution in [2.75, 3.05) is 5.32 Å². The zero-order valence-corrected chi connectivity index (χ0v) is 14.7. The molecule has 0 bridgehead atoms. The predicted octanol–water partition coefficient (Wildman–Crippen LogP) is 3.18. The average molecular weight is 368 g/mol. The number of hydrogen-bond donors (Lipinski definition) is 2. The summed E-state index contributed by atoms with van der Waals surface area (Å²) in [5.74, 6) is -1.56. The molecule has 0 fully saturated rings. The number of carbonyl (C=O) groups is 3. The maximum atomic E-state index is 12.3. The van der Waals surface area contributed by atoms with Crippen molar-refractivity contribution in [1.29, 1.82) is 0 Å². The van der Waals surface area contributed by atoms with Crippen molar-refractivity contribution in [3.8, 4) is 0 Å². The fraction of sp³-hybridized carbons (Fsp3) is 0.105. The van der Waals surface area contributed by atoms with Crippen LogP contribution in [0.4, 0.5) is 5.69 Å². The Morgan fingerprint density at radius 3 is 2.42 bits per heavy atom. The van der Waals surface area contributed by atoms with E-state index in [9.17, 15) is 14.4 Å². The van der Waals surface area contributed by atoms with Gasteiger partial charge < -0.3 is 15.8 Å². The van der Waals surface area contributed by atoms with Crippen molar-refractivity contribution in [2.45, 2.75) is 13.0 Å². The van der Waals surface area contributed by atoms with Gasteiger partial charge in [0.15, 0.2) is 6.10 Å². The first kappa shape index (κ1) is 17.6. The quantitative estimate of drug-likeness (QED) is 0.676. The first-order valence-corrected chi connectivity index (χ1v) is 8.66. The van der Waals surface area contributed by atoms with E-state index in [-0.39, 0.29) is 0 Å². The molecule has 0 saturated carbocycles. The Kier molecular flexibility index (Phi) is 4.99. The molecular formula is C19H16N2O4S. The Morgan fingerprint density at radius 2 is 1.77 bits per heavy atom. The summed E-state index contributed by atoms with van der Waals surface area (Å²) in [7, 11) is 0. The minimum absolute atomic E-state index is 0.340. The average Bonchev–Trinajstić information content (AvgIpc) is 3.06. The lowest BCUT2D eigenvalue weighted by molar-refractivity contribution is -0.123. The smallest absolute Gasteiger partial charge is 0.349 e. The number of benzene rings is 2. The van der Waals surface area contributed by atoms with E-state index in [1.54, 1.807) is 18.2 Å². The predicted molar refractivity (Wildman–Crippen MR) is 100 cm³/mol. The van der Waals surface area contributed by atoms with Crippen LogP contribution in [-0.4, -0.2) is 23.9 Å². The summed E-state index contributed by atoms with van der Waals surface area (Å²) in [5, 5.41) is 3.58. The number of hydrogen-bond acceptors (Lipinski definition) is 5. The van der Waals surface area contributed by atoms with E-state index in [4.69, 9.17) is 10.5 Å². The van der Waals surface area contributed by atoms with Gasteiger partial charge in [-0.15, -0.1) is 11.3 Å². The molecule has 0 spiro atoms.